The highest BCUT2D eigenvalue weighted by atomic mass is 127. The lowest BCUT2D eigenvalue weighted by molar-refractivity contribution is 0.251. The molecule has 0 saturated carbocycles. The minimum atomic E-state index is 0. The Morgan fingerprint density at radius 1 is 1.10 bits per heavy atom. The normalized spacial score (nSPS) is 16.2. The minimum Gasteiger partial charge on any atom is -0.497 e. The first-order valence-electron chi connectivity index (χ1n) is 10.6. The van der Waals surface area contributed by atoms with Crippen molar-refractivity contribution in [2.75, 3.05) is 46.4 Å². The molecule has 3 N–H and O–H groups in total. The van der Waals surface area contributed by atoms with E-state index in [-0.39, 0.29) is 29.5 Å². The highest BCUT2D eigenvalue weighted by Crippen LogP contribution is 2.27. The fourth-order valence-corrected chi connectivity index (χ4v) is 3.45. The van der Waals surface area contributed by atoms with Crippen LogP contribution in [0.2, 0.25) is 0 Å². The predicted molar refractivity (Wildman–Crippen MR) is 134 cm³/mol. The first-order chi connectivity index (χ1) is 13.4. The number of methoxy groups -OCH3 is 1. The number of benzene rings is 1. The third kappa shape index (κ3) is 9.53. The van der Waals surface area contributed by atoms with Crippen LogP contribution in [0.5, 0.6) is 5.75 Å². The summed E-state index contributed by atoms with van der Waals surface area (Å²) in [4.78, 5) is 7.46. The highest BCUT2D eigenvalue weighted by molar-refractivity contribution is 14.0. The Morgan fingerprint density at radius 2 is 1.76 bits per heavy atom. The number of nitrogens with zero attached hydrogens (tertiary/aromatic N) is 2. The van der Waals surface area contributed by atoms with Gasteiger partial charge in [0.15, 0.2) is 5.96 Å². The Balaban J connectivity index is 0.00000420. The number of ether oxygens (including phenoxy) is 1. The van der Waals surface area contributed by atoms with E-state index in [0.717, 1.165) is 51.0 Å². The van der Waals surface area contributed by atoms with Gasteiger partial charge in [0.2, 0.25) is 0 Å². The number of hydrogen-bond acceptors (Lipinski definition) is 4. The van der Waals surface area contributed by atoms with Gasteiger partial charge in [-0.25, -0.2) is 0 Å². The number of rotatable bonds is 9. The average molecular weight is 518 g/mol. The molecular weight excluding hydrogens is 477 g/mol. The maximum absolute atomic E-state index is 5.32. The van der Waals surface area contributed by atoms with Crippen molar-refractivity contribution < 1.29 is 4.74 Å². The zero-order chi connectivity index (χ0) is 20.4. The molecule has 0 amide bonds. The summed E-state index contributed by atoms with van der Waals surface area (Å²) < 4.78 is 5.32. The molecule has 2 rings (SSSR count). The topological polar surface area (TPSA) is 60.9 Å². The summed E-state index contributed by atoms with van der Waals surface area (Å²) in [6.45, 7) is 14.3. The van der Waals surface area contributed by atoms with E-state index in [4.69, 9.17) is 9.73 Å². The summed E-state index contributed by atoms with van der Waals surface area (Å²) >= 11 is 0. The van der Waals surface area contributed by atoms with Crippen LogP contribution in [0, 0.1) is 0 Å². The van der Waals surface area contributed by atoms with E-state index in [1.807, 2.05) is 12.1 Å². The molecule has 7 heteroatoms. The van der Waals surface area contributed by atoms with Gasteiger partial charge in [0, 0.05) is 25.2 Å². The maximum atomic E-state index is 5.32. The summed E-state index contributed by atoms with van der Waals surface area (Å²) in [7, 11) is 1.71. The van der Waals surface area contributed by atoms with E-state index in [1.54, 1.807) is 7.11 Å². The van der Waals surface area contributed by atoms with E-state index in [0.29, 0.717) is 6.04 Å². The quantitative estimate of drug-likeness (QED) is 0.203. The zero-order valence-electron chi connectivity index (χ0n) is 18.8. The van der Waals surface area contributed by atoms with Gasteiger partial charge in [-0.05, 0) is 71.3 Å². The van der Waals surface area contributed by atoms with Crippen LogP contribution in [-0.4, -0.2) is 62.8 Å². The van der Waals surface area contributed by atoms with Gasteiger partial charge in [-0.3, -0.25) is 9.89 Å². The molecule has 1 fully saturated rings. The molecule has 0 spiro atoms. The second-order valence-electron chi connectivity index (χ2n) is 8.36. The number of likely N-dealkylation sites (tertiary alicyclic amines) is 1. The van der Waals surface area contributed by atoms with Gasteiger partial charge in [0.25, 0.3) is 0 Å². The molecule has 1 atom stereocenters. The van der Waals surface area contributed by atoms with Gasteiger partial charge in [0.05, 0.1) is 19.7 Å². The molecule has 0 radical (unpaired) electrons. The Kier molecular flexibility index (Phi) is 11.9. The molecule has 1 aliphatic heterocycles. The smallest absolute Gasteiger partial charge is 0.191 e. The summed E-state index contributed by atoms with van der Waals surface area (Å²) in [5.74, 6) is 1.78. The number of halogens is 1. The summed E-state index contributed by atoms with van der Waals surface area (Å²) in [6, 6.07) is 8.74. The van der Waals surface area contributed by atoms with Crippen LogP contribution in [0.15, 0.2) is 29.3 Å². The van der Waals surface area contributed by atoms with Gasteiger partial charge in [0.1, 0.15) is 5.75 Å². The molecular formula is C22H40IN5O. The molecule has 0 aromatic heterocycles. The second kappa shape index (κ2) is 13.3. The van der Waals surface area contributed by atoms with Crippen LogP contribution < -0.4 is 20.7 Å². The Hall–Kier alpha value is -1.06. The van der Waals surface area contributed by atoms with Crippen molar-refractivity contribution in [1.29, 1.82) is 0 Å². The molecule has 1 aromatic carbocycles. The Labute approximate surface area is 194 Å². The van der Waals surface area contributed by atoms with Crippen LogP contribution in [0.4, 0.5) is 0 Å². The first-order valence-corrected chi connectivity index (χ1v) is 10.6. The number of guanidine groups is 1. The molecule has 1 aromatic rings. The van der Waals surface area contributed by atoms with Crippen LogP contribution >= 0.6 is 24.0 Å². The molecule has 1 aliphatic rings. The van der Waals surface area contributed by atoms with E-state index in [1.165, 1.54) is 18.4 Å². The largest absolute Gasteiger partial charge is 0.497 e. The van der Waals surface area contributed by atoms with Crippen molar-refractivity contribution in [3.8, 4) is 5.75 Å². The first kappa shape index (κ1) is 26.0. The molecule has 1 heterocycles. The van der Waals surface area contributed by atoms with Crippen LogP contribution in [0.25, 0.3) is 0 Å². The Bertz CT molecular complexity index is 594. The standard InChI is InChI=1S/C22H39N5O.HI/c1-6-23-21(24-13-14-26-22(2,3)4)25-17-20(27-15-7-8-16-27)18-9-11-19(28-5)12-10-18;/h9-12,20,26H,6-8,13-17H2,1-5H3,(H2,23,24,25);1H. The van der Waals surface area contributed by atoms with Gasteiger partial charge < -0.3 is 20.7 Å². The van der Waals surface area contributed by atoms with Gasteiger partial charge in [-0.2, -0.15) is 0 Å². The fraction of sp³-hybridized carbons (Fsp3) is 0.682. The van der Waals surface area contributed by atoms with Crippen LogP contribution in [0.3, 0.4) is 0 Å². The lowest BCUT2D eigenvalue weighted by Crippen LogP contribution is -2.44. The molecule has 0 bridgehead atoms. The van der Waals surface area contributed by atoms with Gasteiger partial charge in [-0.15, -0.1) is 24.0 Å². The van der Waals surface area contributed by atoms with Crippen LogP contribution in [-0.2, 0) is 0 Å². The summed E-state index contributed by atoms with van der Waals surface area (Å²) in [5, 5.41) is 10.3. The van der Waals surface area contributed by atoms with Crippen molar-refractivity contribution in [2.24, 2.45) is 4.99 Å². The zero-order valence-corrected chi connectivity index (χ0v) is 21.1. The third-order valence-corrected chi connectivity index (χ3v) is 4.92. The number of nitrogens with one attached hydrogen (secondary N) is 3. The van der Waals surface area contributed by atoms with E-state index < -0.39 is 0 Å². The second-order valence-corrected chi connectivity index (χ2v) is 8.36. The molecule has 1 unspecified atom stereocenters. The van der Waals surface area contributed by atoms with E-state index in [2.05, 4.69) is 60.7 Å². The molecule has 1 saturated heterocycles. The molecule has 6 nitrogen and oxygen atoms in total. The summed E-state index contributed by atoms with van der Waals surface area (Å²) in [5.41, 5.74) is 1.43. The molecule has 29 heavy (non-hydrogen) atoms. The minimum absolute atomic E-state index is 0. The SMILES string of the molecule is CCNC(=NCC(c1ccc(OC)cc1)N1CCCC1)NCCNC(C)(C)C.I. The fourth-order valence-electron chi connectivity index (χ4n) is 3.45. The maximum Gasteiger partial charge on any atom is 0.191 e. The molecule has 0 aliphatic carbocycles. The Morgan fingerprint density at radius 3 is 2.31 bits per heavy atom. The highest BCUT2D eigenvalue weighted by Gasteiger charge is 2.23. The van der Waals surface area contributed by atoms with Crippen molar-refractivity contribution in [3.63, 3.8) is 0 Å². The van der Waals surface area contributed by atoms with Crippen molar-refractivity contribution >= 4 is 29.9 Å². The van der Waals surface area contributed by atoms with Crippen molar-refractivity contribution in [3.05, 3.63) is 29.8 Å². The molecule has 166 valence electrons. The third-order valence-electron chi connectivity index (χ3n) is 4.92. The lowest BCUT2D eigenvalue weighted by Gasteiger charge is -2.27. The number of hydrogen-bond donors (Lipinski definition) is 3. The summed E-state index contributed by atoms with van der Waals surface area (Å²) in [6.07, 6.45) is 2.54. The number of aliphatic imine (C=N–C) groups is 1. The average Bonchev–Trinajstić information content (AvgIpc) is 3.19. The van der Waals surface area contributed by atoms with Crippen molar-refractivity contribution in [1.82, 2.24) is 20.9 Å². The van der Waals surface area contributed by atoms with Crippen molar-refractivity contribution in [2.45, 2.75) is 52.1 Å². The van der Waals surface area contributed by atoms with Gasteiger partial charge >= 0.3 is 0 Å². The van der Waals surface area contributed by atoms with Gasteiger partial charge in [-0.1, -0.05) is 12.1 Å². The van der Waals surface area contributed by atoms with Crippen LogP contribution in [0.1, 0.15) is 52.1 Å². The van der Waals surface area contributed by atoms with E-state index >= 15 is 0 Å². The van der Waals surface area contributed by atoms with E-state index in [9.17, 15) is 0 Å². The lowest BCUT2D eigenvalue weighted by atomic mass is 10.1. The monoisotopic (exact) mass is 517 g/mol. The predicted octanol–water partition coefficient (Wildman–Crippen LogP) is 3.39.